The molecule has 0 aromatic carbocycles. The van der Waals surface area contributed by atoms with E-state index in [4.69, 9.17) is 4.74 Å². The van der Waals surface area contributed by atoms with Crippen LogP contribution in [0.5, 0.6) is 0 Å². The van der Waals surface area contributed by atoms with Crippen LogP contribution < -0.4 is 5.56 Å². The molecule has 0 aliphatic heterocycles. The third kappa shape index (κ3) is 4.24. The SMILES string of the molecule is Cc1ccc2nc(COC(=O)C[C@H]3C(=O)C[C@@H](C)[C@H]3C[N+](=O)[O-])cc(=O)n2c1. The summed E-state index contributed by atoms with van der Waals surface area (Å²) in [5.74, 6) is -2.09. The molecule has 1 saturated carbocycles. The highest BCUT2D eigenvalue weighted by molar-refractivity contribution is 5.87. The van der Waals surface area contributed by atoms with Crippen molar-refractivity contribution in [1.29, 1.82) is 0 Å². The van der Waals surface area contributed by atoms with Crippen LogP contribution in [0.4, 0.5) is 0 Å². The van der Waals surface area contributed by atoms with Crippen LogP contribution in [0.25, 0.3) is 5.65 Å². The molecule has 1 fully saturated rings. The molecule has 148 valence electrons. The average Bonchev–Trinajstić information content (AvgIpc) is 2.87. The van der Waals surface area contributed by atoms with Crippen molar-refractivity contribution < 1.29 is 19.2 Å². The molecule has 0 N–H and O–H groups in total. The third-order valence-corrected chi connectivity index (χ3v) is 5.17. The minimum atomic E-state index is -0.703. The molecule has 0 radical (unpaired) electrons. The van der Waals surface area contributed by atoms with Gasteiger partial charge in [-0.05, 0) is 24.5 Å². The van der Waals surface area contributed by atoms with Crippen LogP contribution in [-0.2, 0) is 20.9 Å². The lowest BCUT2D eigenvalue weighted by atomic mass is 9.88. The van der Waals surface area contributed by atoms with Crippen LogP contribution in [0.2, 0.25) is 0 Å². The van der Waals surface area contributed by atoms with E-state index in [2.05, 4.69) is 4.98 Å². The van der Waals surface area contributed by atoms with E-state index in [-0.39, 0.29) is 43.3 Å². The molecule has 0 unspecified atom stereocenters. The fraction of sp³-hybridized carbons (Fsp3) is 0.474. The number of hydrogen-bond acceptors (Lipinski definition) is 7. The number of aryl methyl sites for hydroxylation is 1. The van der Waals surface area contributed by atoms with Crippen LogP contribution in [0.3, 0.4) is 0 Å². The van der Waals surface area contributed by atoms with E-state index in [1.807, 2.05) is 13.0 Å². The van der Waals surface area contributed by atoms with Gasteiger partial charge in [0.05, 0.1) is 12.1 Å². The van der Waals surface area contributed by atoms with Crippen molar-refractivity contribution in [3.8, 4) is 0 Å². The van der Waals surface area contributed by atoms with E-state index in [0.717, 1.165) is 5.56 Å². The second kappa shape index (κ2) is 7.87. The quantitative estimate of drug-likeness (QED) is 0.419. The Kier molecular flexibility index (Phi) is 5.53. The lowest BCUT2D eigenvalue weighted by Crippen LogP contribution is -2.27. The second-order valence-electron chi connectivity index (χ2n) is 7.32. The minimum absolute atomic E-state index is 0.138. The van der Waals surface area contributed by atoms with Crippen molar-refractivity contribution in [2.45, 2.75) is 33.3 Å². The molecule has 2 aromatic rings. The summed E-state index contributed by atoms with van der Waals surface area (Å²) in [6.45, 7) is 3.10. The van der Waals surface area contributed by atoms with E-state index in [0.29, 0.717) is 11.3 Å². The minimum Gasteiger partial charge on any atom is -0.459 e. The van der Waals surface area contributed by atoms with Crippen LogP contribution in [0, 0.1) is 34.8 Å². The number of fused-ring (bicyclic) bond motifs is 1. The Bertz CT molecular complexity index is 999. The predicted octanol–water partition coefficient (Wildman–Crippen LogP) is 1.55. The zero-order chi connectivity index (χ0) is 20.4. The summed E-state index contributed by atoms with van der Waals surface area (Å²) in [5.41, 5.74) is 1.37. The number of esters is 1. The molecular formula is C19H21N3O6. The van der Waals surface area contributed by atoms with Crippen molar-refractivity contribution in [3.63, 3.8) is 0 Å². The first kappa shape index (κ1) is 19.7. The van der Waals surface area contributed by atoms with E-state index in [1.165, 1.54) is 10.5 Å². The fourth-order valence-electron chi connectivity index (χ4n) is 3.73. The molecule has 2 heterocycles. The zero-order valence-corrected chi connectivity index (χ0v) is 15.7. The molecule has 0 amide bonds. The highest BCUT2D eigenvalue weighted by atomic mass is 16.6. The molecule has 1 aliphatic carbocycles. The van der Waals surface area contributed by atoms with Crippen molar-refractivity contribution >= 4 is 17.4 Å². The largest absolute Gasteiger partial charge is 0.459 e. The maximum Gasteiger partial charge on any atom is 0.306 e. The van der Waals surface area contributed by atoms with Crippen LogP contribution >= 0.6 is 0 Å². The maximum atomic E-state index is 12.2. The van der Waals surface area contributed by atoms with Gasteiger partial charge in [-0.1, -0.05) is 13.0 Å². The summed E-state index contributed by atoms with van der Waals surface area (Å²) in [7, 11) is 0. The Hall–Kier alpha value is -3.10. The Labute approximate surface area is 160 Å². The van der Waals surface area contributed by atoms with Gasteiger partial charge in [0.15, 0.2) is 0 Å². The molecule has 2 aromatic heterocycles. The number of rotatable bonds is 6. The maximum absolute atomic E-state index is 12.2. The molecule has 0 bridgehead atoms. The average molecular weight is 387 g/mol. The molecular weight excluding hydrogens is 366 g/mol. The summed E-state index contributed by atoms with van der Waals surface area (Å²) >= 11 is 0. The molecule has 9 nitrogen and oxygen atoms in total. The lowest BCUT2D eigenvalue weighted by Gasteiger charge is -2.17. The van der Waals surface area contributed by atoms with Gasteiger partial charge in [0.2, 0.25) is 6.54 Å². The summed E-state index contributed by atoms with van der Waals surface area (Å²) in [6.07, 6.45) is 1.70. The number of carbonyl (C=O) groups excluding carboxylic acids is 2. The number of carbonyl (C=O) groups is 2. The smallest absolute Gasteiger partial charge is 0.306 e. The van der Waals surface area contributed by atoms with Gasteiger partial charge in [0.25, 0.3) is 5.56 Å². The van der Waals surface area contributed by atoms with Crippen molar-refractivity contribution in [2.75, 3.05) is 6.54 Å². The van der Waals surface area contributed by atoms with Crippen LogP contribution in [0.1, 0.15) is 31.0 Å². The van der Waals surface area contributed by atoms with Crippen LogP contribution in [0.15, 0.2) is 29.2 Å². The van der Waals surface area contributed by atoms with Crippen molar-refractivity contribution in [3.05, 3.63) is 56.1 Å². The monoisotopic (exact) mass is 387 g/mol. The predicted molar refractivity (Wildman–Crippen MR) is 98.2 cm³/mol. The Balaban J connectivity index is 1.66. The molecule has 3 atom stereocenters. The second-order valence-corrected chi connectivity index (χ2v) is 7.32. The molecule has 9 heteroatoms. The summed E-state index contributed by atoms with van der Waals surface area (Å²) < 4.78 is 6.59. The number of Topliss-reactive ketones (excluding diaryl/α,β-unsaturated/α-hetero) is 1. The van der Waals surface area contributed by atoms with Crippen molar-refractivity contribution in [1.82, 2.24) is 9.38 Å². The fourth-order valence-corrected chi connectivity index (χ4v) is 3.73. The van der Waals surface area contributed by atoms with Gasteiger partial charge in [-0.3, -0.25) is 28.9 Å². The number of pyridine rings is 1. The van der Waals surface area contributed by atoms with Gasteiger partial charge in [0.1, 0.15) is 18.0 Å². The number of nitrogens with zero attached hydrogens (tertiary/aromatic N) is 3. The Morgan fingerprint density at radius 3 is 2.86 bits per heavy atom. The van der Waals surface area contributed by atoms with E-state index in [1.54, 1.807) is 19.2 Å². The van der Waals surface area contributed by atoms with Gasteiger partial charge in [-0.15, -0.1) is 0 Å². The third-order valence-electron chi connectivity index (χ3n) is 5.17. The van der Waals surface area contributed by atoms with E-state index in [9.17, 15) is 24.5 Å². The van der Waals surface area contributed by atoms with Crippen LogP contribution in [-0.4, -0.2) is 32.6 Å². The Morgan fingerprint density at radius 2 is 2.14 bits per heavy atom. The highest BCUT2D eigenvalue weighted by Crippen LogP contribution is 2.36. The van der Waals surface area contributed by atoms with Crippen molar-refractivity contribution in [2.24, 2.45) is 17.8 Å². The normalized spacial score (nSPS) is 21.8. The first-order chi connectivity index (χ1) is 13.2. The topological polar surface area (TPSA) is 121 Å². The molecule has 0 spiro atoms. The van der Waals surface area contributed by atoms with E-state index < -0.39 is 22.7 Å². The zero-order valence-electron chi connectivity index (χ0n) is 15.7. The Morgan fingerprint density at radius 1 is 1.39 bits per heavy atom. The number of ether oxygens (including phenoxy) is 1. The summed E-state index contributed by atoms with van der Waals surface area (Å²) in [5, 5.41) is 10.8. The standard InChI is InChI=1S/C19H21N3O6/c1-11-3-4-17-20-13(6-18(24)21(17)8-11)10-28-19(25)7-14-15(9-22(26)27)12(2)5-16(14)23/h3-4,6,8,12,14-15H,5,7,9-10H2,1-2H3/t12-,14-,15-/m1/s1. The molecule has 0 saturated heterocycles. The summed E-state index contributed by atoms with van der Waals surface area (Å²) in [6, 6.07) is 4.81. The van der Waals surface area contributed by atoms with Gasteiger partial charge in [-0.25, -0.2) is 4.98 Å². The molecule has 28 heavy (non-hydrogen) atoms. The first-order valence-electron chi connectivity index (χ1n) is 9.03. The number of nitro groups is 1. The lowest BCUT2D eigenvalue weighted by molar-refractivity contribution is -0.490. The summed E-state index contributed by atoms with van der Waals surface area (Å²) in [4.78, 5) is 51.2. The first-order valence-corrected chi connectivity index (χ1v) is 9.03. The number of hydrogen-bond donors (Lipinski definition) is 0. The van der Waals surface area contributed by atoms with Gasteiger partial charge >= 0.3 is 5.97 Å². The molecule has 3 rings (SSSR count). The number of ketones is 1. The number of aromatic nitrogens is 2. The van der Waals surface area contributed by atoms with Gasteiger partial charge < -0.3 is 4.74 Å². The molecule has 1 aliphatic rings. The van der Waals surface area contributed by atoms with E-state index >= 15 is 0 Å². The van der Waals surface area contributed by atoms with Gasteiger partial charge in [-0.2, -0.15) is 0 Å². The van der Waals surface area contributed by atoms with Gasteiger partial charge in [0, 0.05) is 35.4 Å². The highest BCUT2D eigenvalue weighted by Gasteiger charge is 2.44.